The van der Waals surface area contributed by atoms with Gasteiger partial charge in [0, 0.05) is 10.8 Å². The largest absolute Gasteiger partial charge is 0.248 e. The summed E-state index contributed by atoms with van der Waals surface area (Å²) in [7, 11) is 0. The van der Waals surface area contributed by atoms with E-state index < -0.39 is 0 Å². The molecule has 0 saturated carbocycles. The van der Waals surface area contributed by atoms with Crippen molar-refractivity contribution in [2.75, 3.05) is 0 Å². The maximum Gasteiger partial charge on any atom is 0.0854 e. The topological polar surface area (TPSA) is 43.6 Å². The van der Waals surface area contributed by atoms with E-state index in [1.807, 2.05) is 47.3 Å². The summed E-state index contributed by atoms with van der Waals surface area (Å²) in [5.74, 6) is 0. The highest BCUT2D eigenvalue weighted by Crippen LogP contribution is 2.29. The zero-order valence-electron chi connectivity index (χ0n) is 12.4. The first kappa shape index (κ1) is 13.0. The van der Waals surface area contributed by atoms with Gasteiger partial charge in [-0.05, 0) is 18.6 Å². The number of benzene rings is 2. The summed E-state index contributed by atoms with van der Waals surface area (Å²) < 4.78 is 1.97. The third-order valence-corrected chi connectivity index (χ3v) is 3.90. The number of pyridine rings is 1. The molecule has 0 atom stereocenters. The van der Waals surface area contributed by atoms with Gasteiger partial charge < -0.3 is 0 Å². The van der Waals surface area contributed by atoms with Crippen LogP contribution in [0.5, 0.6) is 0 Å². The maximum absolute atomic E-state index is 4.76. The Kier molecular flexibility index (Phi) is 3.07. The van der Waals surface area contributed by atoms with Crippen LogP contribution in [0.2, 0.25) is 0 Å². The predicted octanol–water partition coefficient (Wildman–Crippen LogP) is 3.92. The normalized spacial score (nSPS) is 11.3. The van der Waals surface area contributed by atoms with Crippen molar-refractivity contribution >= 4 is 21.8 Å². The lowest BCUT2D eigenvalue weighted by Gasteiger charge is -2.12. The van der Waals surface area contributed by atoms with Gasteiger partial charge in [0.05, 0.1) is 28.6 Å². The molecular weight excluding hydrogens is 272 g/mol. The van der Waals surface area contributed by atoms with Gasteiger partial charge in [-0.1, -0.05) is 55.0 Å². The molecule has 0 aliphatic rings. The molecule has 22 heavy (non-hydrogen) atoms. The molecule has 0 aliphatic carbocycles. The molecule has 0 unspecified atom stereocenters. The highest BCUT2D eigenvalue weighted by Gasteiger charge is 2.14. The van der Waals surface area contributed by atoms with Crippen molar-refractivity contribution in [2.45, 2.75) is 19.8 Å². The molecule has 2 heterocycles. The molecule has 2 aromatic heterocycles. The van der Waals surface area contributed by atoms with Gasteiger partial charge in [-0.15, -0.1) is 5.10 Å². The molecule has 0 radical (unpaired) electrons. The summed E-state index contributed by atoms with van der Waals surface area (Å²) in [5.41, 5.74) is 4.16. The number of fused-ring (bicyclic) bond motifs is 2. The van der Waals surface area contributed by atoms with Gasteiger partial charge in [0.25, 0.3) is 0 Å². The molecule has 0 aliphatic heterocycles. The molecule has 0 N–H and O–H groups in total. The molecule has 4 rings (SSSR count). The zero-order valence-corrected chi connectivity index (χ0v) is 12.4. The summed E-state index contributed by atoms with van der Waals surface area (Å²) in [5, 5.41) is 10.7. The molecular formula is C18H16N4. The second kappa shape index (κ2) is 5.22. The summed E-state index contributed by atoms with van der Waals surface area (Å²) >= 11 is 0. The van der Waals surface area contributed by atoms with Crippen molar-refractivity contribution in [3.63, 3.8) is 0 Å². The Balaban J connectivity index is 2.14. The van der Waals surface area contributed by atoms with Crippen molar-refractivity contribution in [3.8, 4) is 5.69 Å². The first-order chi connectivity index (χ1) is 10.9. The maximum atomic E-state index is 4.76. The van der Waals surface area contributed by atoms with Crippen LogP contribution in [0.25, 0.3) is 27.5 Å². The van der Waals surface area contributed by atoms with Crippen molar-refractivity contribution in [2.24, 2.45) is 0 Å². The van der Waals surface area contributed by atoms with Gasteiger partial charge in [-0.2, -0.15) is 0 Å². The fourth-order valence-electron chi connectivity index (χ4n) is 2.92. The molecule has 4 heteroatoms. The predicted molar refractivity (Wildman–Crippen MR) is 88.2 cm³/mol. The monoisotopic (exact) mass is 288 g/mol. The zero-order chi connectivity index (χ0) is 14.9. The fraction of sp³-hybridized carbons (Fsp3) is 0.167. The minimum atomic E-state index is 0.956. The molecule has 108 valence electrons. The van der Waals surface area contributed by atoms with E-state index in [-0.39, 0.29) is 0 Å². The Bertz CT molecular complexity index is 902. The number of rotatable bonds is 3. The number of hydrogen-bond acceptors (Lipinski definition) is 3. The number of nitrogens with zero attached hydrogens (tertiary/aromatic N) is 4. The lowest BCUT2D eigenvalue weighted by atomic mass is 10.1. The average Bonchev–Trinajstić information content (AvgIpc) is 3.01. The molecule has 0 saturated heterocycles. The quantitative estimate of drug-likeness (QED) is 0.537. The lowest BCUT2D eigenvalue weighted by molar-refractivity contribution is 0.752. The van der Waals surface area contributed by atoms with E-state index >= 15 is 0 Å². The van der Waals surface area contributed by atoms with Crippen molar-refractivity contribution in [1.82, 2.24) is 20.0 Å². The summed E-state index contributed by atoms with van der Waals surface area (Å²) in [6, 6.07) is 16.4. The van der Waals surface area contributed by atoms with Gasteiger partial charge in [0.15, 0.2) is 0 Å². The second-order valence-corrected chi connectivity index (χ2v) is 5.38. The van der Waals surface area contributed by atoms with Crippen LogP contribution in [-0.4, -0.2) is 20.0 Å². The Morgan fingerprint density at radius 1 is 0.909 bits per heavy atom. The first-order valence-electron chi connectivity index (χ1n) is 7.56. The standard InChI is InChI=1S/C18H16N4/c1-2-7-13-12-19-21-22(13)18-14-8-3-5-10-16(14)20-17-11-6-4-9-15(17)18/h3-6,8-12H,2,7H2,1H3. The number of aromatic nitrogens is 4. The molecule has 0 spiro atoms. The van der Waals surface area contributed by atoms with Crippen LogP contribution in [0.1, 0.15) is 19.0 Å². The fourth-order valence-corrected chi connectivity index (χ4v) is 2.92. The number of aryl methyl sites for hydroxylation is 1. The minimum absolute atomic E-state index is 0.956. The molecule has 4 aromatic rings. The van der Waals surface area contributed by atoms with Crippen molar-refractivity contribution in [1.29, 1.82) is 0 Å². The van der Waals surface area contributed by atoms with Crippen LogP contribution in [0.4, 0.5) is 0 Å². The van der Waals surface area contributed by atoms with E-state index in [2.05, 4.69) is 29.4 Å². The van der Waals surface area contributed by atoms with Gasteiger partial charge in [0.2, 0.25) is 0 Å². The average molecular weight is 288 g/mol. The Hall–Kier alpha value is -2.75. The second-order valence-electron chi connectivity index (χ2n) is 5.38. The van der Waals surface area contributed by atoms with Crippen molar-refractivity contribution < 1.29 is 0 Å². The molecule has 0 bridgehead atoms. The summed E-state index contributed by atoms with van der Waals surface area (Å²) in [6.07, 6.45) is 3.87. The Labute approximate surface area is 128 Å². The van der Waals surface area contributed by atoms with Crippen LogP contribution in [0.15, 0.2) is 54.7 Å². The van der Waals surface area contributed by atoms with Crippen LogP contribution in [-0.2, 0) is 6.42 Å². The van der Waals surface area contributed by atoms with E-state index in [9.17, 15) is 0 Å². The van der Waals surface area contributed by atoms with E-state index in [0.717, 1.165) is 46.0 Å². The van der Waals surface area contributed by atoms with E-state index in [1.54, 1.807) is 0 Å². The van der Waals surface area contributed by atoms with Gasteiger partial charge in [-0.25, -0.2) is 9.67 Å². The highest BCUT2D eigenvalue weighted by atomic mass is 15.4. The first-order valence-corrected chi connectivity index (χ1v) is 7.56. The summed E-state index contributed by atoms with van der Waals surface area (Å²) in [4.78, 5) is 4.76. The van der Waals surface area contributed by atoms with Crippen LogP contribution in [0, 0.1) is 0 Å². The van der Waals surface area contributed by atoms with Crippen LogP contribution >= 0.6 is 0 Å². The van der Waals surface area contributed by atoms with E-state index in [0.29, 0.717) is 0 Å². The van der Waals surface area contributed by atoms with Gasteiger partial charge in [0.1, 0.15) is 0 Å². The number of hydrogen-bond donors (Lipinski definition) is 0. The van der Waals surface area contributed by atoms with Crippen LogP contribution < -0.4 is 0 Å². The SMILES string of the molecule is CCCc1cnnn1-c1c2ccccc2nc2ccccc12. The highest BCUT2D eigenvalue weighted by molar-refractivity contribution is 6.03. The Morgan fingerprint density at radius 3 is 2.18 bits per heavy atom. The minimum Gasteiger partial charge on any atom is -0.248 e. The third-order valence-electron chi connectivity index (χ3n) is 3.90. The van der Waals surface area contributed by atoms with Gasteiger partial charge >= 0.3 is 0 Å². The van der Waals surface area contributed by atoms with Crippen molar-refractivity contribution in [3.05, 3.63) is 60.4 Å². The summed E-state index contributed by atoms with van der Waals surface area (Å²) in [6.45, 7) is 2.17. The van der Waals surface area contributed by atoms with E-state index in [4.69, 9.17) is 4.98 Å². The van der Waals surface area contributed by atoms with Gasteiger partial charge in [-0.3, -0.25) is 0 Å². The molecule has 0 amide bonds. The third kappa shape index (κ3) is 1.96. The van der Waals surface area contributed by atoms with Crippen LogP contribution in [0.3, 0.4) is 0 Å². The molecule has 4 nitrogen and oxygen atoms in total. The molecule has 0 fully saturated rings. The number of para-hydroxylation sites is 2. The van der Waals surface area contributed by atoms with E-state index in [1.165, 1.54) is 0 Å². The molecule has 2 aromatic carbocycles. The Morgan fingerprint density at radius 2 is 1.55 bits per heavy atom. The lowest BCUT2D eigenvalue weighted by Crippen LogP contribution is -2.04. The smallest absolute Gasteiger partial charge is 0.0854 e.